The van der Waals surface area contributed by atoms with Gasteiger partial charge in [-0.15, -0.1) is 0 Å². The average Bonchev–Trinajstić information content (AvgIpc) is 1.66. The molecular weight excluding hydrogens is 1530 g/mol. The lowest BCUT2D eigenvalue weighted by atomic mass is 9.97. The first-order chi connectivity index (χ1) is 55.9. The van der Waals surface area contributed by atoms with Gasteiger partial charge in [-0.3, -0.25) is 76.7 Å². The van der Waals surface area contributed by atoms with Crippen molar-refractivity contribution in [2.75, 3.05) is 93.0 Å². The van der Waals surface area contributed by atoms with Gasteiger partial charge in [-0.1, -0.05) is 68.2 Å². The van der Waals surface area contributed by atoms with Crippen molar-refractivity contribution in [1.82, 2.24) is 84.2 Å². The number of hydrogen-bond donors (Lipinski definition) is 18. The fourth-order valence-corrected chi connectivity index (χ4v) is 13.0. The molecule has 118 heavy (non-hydrogen) atoms. The van der Waals surface area contributed by atoms with Gasteiger partial charge in [0.05, 0.1) is 38.5 Å². The highest BCUT2D eigenvalue weighted by molar-refractivity contribution is 6.00. The molecule has 2 rings (SSSR count). The third-order valence-corrected chi connectivity index (χ3v) is 21.2. The van der Waals surface area contributed by atoms with Gasteiger partial charge in [0.2, 0.25) is 94.5 Å². The van der Waals surface area contributed by atoms with Gasteiger partial charge in [0.15, 0.2) is 0 Å². The van der Waals surface area contributed by atoms with Crippen LogP contribution in [0.2, 0.25) is 0 Å². The van der Waals surface area contributed by atoms with Crippen LogP contribution in [0.25, 0.3) is 0 Å². The van der Waals surface area contributed by atoms with Crippen LogP contribution in [-0.2, 0) is 90.9 Å². The molecule has 0 unspecified atom stereocenters. The second-order valence-electron chi connectivity index (χ2n) is 31.4. The van der Waals surface area contributed by atoms with Crippen molar-refractivity contribution < 1.29 is 90.9 Å². The molecule has 0 aliphatic carbocycles. The summed E-state index contributed by atoms with van der Waals surface area (Å²) in [7, 11) is 3.24. The van der Waals surface area contributed by atoms with E-state index in [4.69, 9.17) is 37.1 Å². The lowest BCUT2D eigenvalue weighted by Gasteiger charge is -2.32. The van der Waals surface area contributed by atoms with Gasteiger partial charge in [0, 0.05) is 52.2 Å². The summed E-state index contributed by atoms with van der Waals surface area (Å²) in [6, 6.07) is -14.5. The second-order valence-corrected chi connectivity index (χ2v) is 31.4. The van der Waals surface area contributed by atoms with Crippen LogP contribution in [0.5, 0.6) is 0 Å². The largest absolute Gasteiger partial charge is 0.379 e. The SMILES string of the molecule is CC[C@H](C)[C@H](NC(=O)[C@@H]1CCCN1C(=O)[C@@H](NC(=O)[C@H](C)NC)C(C)C)C(=O)N[C@@H](C)C(=O)N[C@@H](CCCC(N)=O)C(=O)N[C@@H](CCCCN)C(=O)NCCCOCCOCCOCCCNC(=O)[C@H](CCCCN)NC(=O)[C@H](CCC(N)=O)NC(=O)[C@H](C)NC(=O)[C@@H](NC(=O)[C@@H]1CCCN1C(=O)[C@@H](NC(=O)[C@H](C)NC)C(C)C)[C@@H](C)CC. The van der Waals surface area contributed by atoms with Crippen LogP contribution >= 0.6 is 0 Å². The fraction of sp³-hybridized carbons (Fsp3) is 0.797. The summed E-state index contributed by atoms with van der Waals surface area (Å²) in [5.74, 6) is -11.2. The summed E-state index contributed by atoms with van der Waals surface area (Å²) in [5, 5.41) is 38.5. The number of likely N-dealkylation sites (N-methyl/N-ethyl adjacent to an activating group) is 2. The maximum atomic E-state index is 14.0. The molecule has 2 heterocycles. The zero-order chi connectivity index (χ0) is 88.7. The van der Waals surface area contributed by atoms with Crippen LogP contribution in [0, 0.1) is 23.7 Å². The first-order valence-corrected chi connectivity index (χ1v) is 42.2. The Kier molecular flexibility index (Phi) is 51.2. The molecule has 2 aliphatic heterocycles. The lowest BCUT2D eigenvalue weighted by molar-refractivity contribution is -0.143. The molecule has 16 amide bonds. The van der Waals surface area contributed by atoms with E-state index in [1.807, 2.05) is 13.8 Å². The zero-order valence-corrected chi connectivity index (χ0v) is 72.3. The molecule has 0 spiro atoms. The zero-order valence-electron chi connectivity index (χ0n) is 72.3. The lowest BCUT2D eigenvalue weighted by Crippen LogP contribution is -2.60. The summed E-state index contributed by atoms with van der Waals surface area (Å²) in [6.45, 7) is 23.2. The maximum absolute atomic E-state index is 14.0. The van der Waals surface area contributed by atoms with Crippen LogP contribution in [0.3, 0.4) is 0 Å². The Morgan fingerprint density at radius 2 is 0.686 bits per heavy atom. The highest BCUT2D eigenvalue weighted by Gasteiger charge is 2.44. The van der Waals surface area contributed by atoms with Gasteiger partial charge in [-0.05, 0) is 175 Å². The Labute approximate surface area is 696 Å². The number of ether oxygens (including phenoxy) is 3. The molecule has 0 aromatic carbocycles. The summed E-state index contributed by atoms with van der Waals surface area (Å²) in [4.78, 5) is 219. The number of carbonyl (C=O) groups excluding carboxylic acids is 16. The van der Waals surface area contributed by atoms with Gasteiger partial charge >= 0.3 is 0 Å². The normalized spacial score (nSPS) is 17.5. The van der Waals surface area contributed by atoms with E-state index in [1.165, 1.54) is 23.6 Å². The van der Waals surface area contributed by atoms with Crippen LogP contribution in [0.1, 0.15) is 205 Å². The minimum Gasteiger partial charge on any atom is -0.379 e. The molecule has 0 radical (unpaired) electrons. The Morgan fingerprint density at radius 3 is 1.03 bits per heavy atom. The van der Waals surface area contributed by atoms with Crippen molar-refractivity contribution in [1.29, 1.82) is 0 Å². The van der Waals surface area contributed by atoms with E-state index in [9.17, 15) is 76.7 Å². The second kappa shape index (κ2) is 57.4. The minimum absolute atomic E-state index is 0.0613. The Morgan fingerprint density at radius 1 is 0.356 bits per heavy atom. The van der Waals surface area contributed by atoms with Crippen LogP contribution in [-0.4, -0.2) is 282 Å². The number of unbranched alkanes of at least 4 members (excludes halogenated alkanes) is 2. The van der Waals surface area contributed by atoms with Gasteiger partial charge in [0.25, 0.3) is 0 Å². The monoisotopic (exact) mass is 1680 g/mol. The molecule has 2 saturated heterocycles. The summed E-state index contributed by atoms with van der Waals surface area (Å²) in [6.07, 6.45) is 5.01. The van der Waals surface area contributed by atoms with Gasteiger partial charge in [0.1, 0.15) is 72.5 Å². The molecule has 0 bridgehead atoms. The molecule has 2 aliphatic rings. The van der Waals surface area contributed by atoms with Gasteiger partial charge in [-0.2, -0.15) is 0 Å². The number of nitrogens with two attached hydrogens (primary N) is 4. The number of carbonyl (C=O) groups is 16. The van der Waals surface area contributed by atoms with Crippen molar-refractivity contribution in [3.8, 4) is 0 Å². The topological polar surface area (TPSA) is 580 Å². The van der Waals surface area contributed by atoms with E-state index in [0.717, 1.165) is 0 Å². The molecule has 39 heteroatoms. The predicted octanol–water partition coefficient (Wildman–Crippen LogP) is -3.28. The molecule has 22 N–H and O–H groups in total. The summed E-state index contributed by atoms with van der Waals surface area (Å²) < 4.78 is 17.0. The van der Waals surface area contributed by atoms with E-state index in [1.54, 1.807) is 69.5 Å². The van der Waals surface area contributed by atoms with Gasteiger partial charge < -0.3 is 121 Å². The van der Waals surface area contributed by atoms with Crippen LogP contribution in [0.15, 0.2) is 0 Å². The number of likely N-dealkylation sites (tertiary alicyclic amines) is 2. The van der Waals surface area contributed by atoms with Crippen LogP contribution < -0.4 is 97.4 Å². The van der Waals surface area contributed by atoms with Crippen molar-refractivity contribution in [3.63, 3.8) is 0 Å². The third kappa shape index (κ3) is 38.1. The number of hydrogen-bond acceptors (Lipinski definition) is 23. The number of amides is 16. The number of nitrogens with one attached hydrogen (secondary N) is 14. The maximum Gasteiger partial charge on any atom is 0.246 e. The standard InChI is InChI=1S/C79H144N20O19/c1-15-48(7)64(96-74(110)58-29-22-38-98(58)78(114)62(46(3)4)94-66(102)50(9)84-13)76(112)88-52(11)68(104)90-56(28-21-31-60(82)100)72(108)92-54(26-17-19-34-80)70(106)86-36-24-40-116-42-44-118-45-43-117-41-25-37-87-71(107)55(27-18-20-35-81)93-73(109)57(32-33-61(83)101)91-69(105)53(12)89-77(113)65(49(8)16-2)97-75(111)59-30-23-39-99(59)79(115)63(47(5)6)95-67(103)51(10)85-14/h46-59,62-65,84-85H,15-45,80-81H2,1-14H3,(H2,82,100)(H2,83,101)(H,86,106)(H,87,107)(H,88,112)(H,89,113)(H,90,104)(H,91,105)(H,92,108)(H,93,109)(H,94,102)(H,95,103)(H,96,110)(H,97,111)/t48-,49-,50-,51-,52-,53-,54-,55-,56-,57-,58-,59-,62-,63-,64-,65-/m0/s1. The fourth-order valence-electron chi connectivity index (χ4n) is 13.0. The number of primary amides is 2. The van der Waals surface area contributed by atoms with Crippen molar-refractivity contribution in [2.24, 2.45) is 46.6 Å². The molecule has 0 saturated carbocycles. The quantitative estimate of drug-likeness (QED) is 0.0266. The number of nitrogens with zero attached hydrogens (tertiary/aromatic N) is 2. The van der Waals surface area contributed by atoms with E-state index in [2.05, 4.69) is 74.4 Å². The van der Waals surface area contributed by atoms with Crippen molar-refractivity contribution >= 4 is 94.5 Å². The van der Waals surface area contributed by atoms with E-state index >= 15 is 0 Å². The number of rotatable bonds is 61. The molecular formula is C79H144N20O19. The van der Waals surface area contributed by atoms with Gasteiger partial charge in [-0.25, -0.2) is 0 Å². The predicted molar refractivity (Wildman–Crippen MR) is 441 cm³/mol. The van der Waals surface area contributed by atoms with E-state index < -0.39 is 179 Å². The molecule has 0 aromatic heterocycles. The first kappa shape index (κ1) is 105. The third-order valence-electron chi connectivity index (χ3n) is 21.2. The molecule has 2 fully saturated rings. The Hall–Kier alpha value is -8.76. The highest BCUT2D eigenvalue weighted by atomic mass is 16.5. The highest BCUT2D eigenvalue weighted by Crippen LogP contribution is 2.24. The van der Waals surface area contributed by atoms with Crippen LogP contribution in [0.4, 0.5) is 0 Å². The summed E-state index contributed by atoms with van der Waals surface area (Å²) in [5.41, 5.74) is 22.4. The molecule has 0 aromatic rings. The Bertz CT molecular complexity index is 3210. The van der Waals surface area contributed by atoms with Crippen molar-refractivity contribution in [2.45, 2.75) is 290 Å². The van der Waals surface area contributed by atoms with E-state index in [0.29, 0.717) is 90.1 Å². The Balaban J connectivity index is 1.93. The van der Waals surface area contributed by atoms with E-state index in [-0.39, 0.29) is 134 Å². The molecule has 39 nitrogen and oxygen atoms in total. The summed E-state index contributed by atoms with van der Waals surface area (Å²) >= 11 is 0. The average molecular weight is 1680 g/mol. The smallest absolute Gasteiger partial charge is 0.246 e. The first-order valence-electron chi connectivity index (χ1n) is 42.2. The molecule has 16 atom stereocenters. The minimum atomic E-state index is -1.38. The molecule has 674 valence electrons. The van der Waals surface area contributed by atoms with Crippen molar-refractivity contribution in [3.05, 3.63) is 0 Å².